The summed E-state index contributed by atoms with van der Waals surface area (Å²) in [6, 6.07) is 3.23. The largest absolute Gasteiger partial charge is 0.478 e. The Balaban J connectivity index is 2.44. The maximum Gasteiger partial charge on any atom is 0.337 e. The average molecular weight is 252 g/mol. The normalized spacial score (nSPS) is 12.2. The number of carboxylic acids is 1. The Kier molecular flexibility index (Phi) is 5.58. The summed E-state index contributed by atoms with van der Waals surface area (Å²) in [5.74, 6) is 0.0494. The average Bonchev–Trinajstić information content (AvgIpc) is 2.34. The first-order valence-electron chi connectivity index (χ1n) is 6.10. The van der Waals surface area contributed by atoms with E-state index in [4.69, 9.17) is 10.2 Å². The van der Waals surface area contributed by atoms with Crippen LogP contribution in [-0.4, -0.2) is 34.3 Å². The fourth-order valence-electron chi connectivity index (χ4n) is 1.64. The van der Waals surface area contributed by atoms with Crippen LogP contribution in [-0.2, 0) is 0 Å². The van der Waals surface area contributed by atoms with Gasteiger partial charge in [0.2, 0.25) is 0 Å². The minimum Gasteiger partial charge on any atom is -0.478 e. The first-order chi connectivity index (χ1) is 8.54. The van der Waals surface area contributed by atoms with Crippen LogP contribution in [0.15, 0.2) is 12.1 Å². The number of nitrogens with one attached hydrogen (secondary N) is 1. The first kappa shape index (κ1) is 14.4. The van der Waals surface area contributed by atoms with Crippen molar-refractivity contribution in [2.45, 2.75) is 26.7 Å². The predicted octanol–water partition coefficient (Wildman–Crippen LogP) is 1.91. The quantitative estimate of drug-likeness (QED) is 0.646. The molecule has 1 unspecified atom stereocenters. The Hall–Kier alpha value is -1.62. The van der Waals surface area contributed by atoms with Crippen molar-refractivity contribution in [3.05, 3.63) is 23.4 Å². The van der Waals surface area contributed by atoms with Crippen LogP contribution in [0.2, 0.25) is 0 Å². The van der Waals surface area contributed by atoms with Crippen molar-refractivity contribution in [1.82, 2.24) is 4.98 Å². The summed E-state index contributed by atoms with van der Waals surface area (Å²) in [5.41, 5.74) is 0.741. The second-order valence-corrected chi connectivity index (χ2v) is 4.49. The van der Waals surface area contributed by atoms with Gasteiger partial charge in [-0.2, -0.15) is 0 Å². The van der Waals surface area contributed by atoms with Crippen molar-refractivity contribution < 1.29 is 15.0 Å². The molecule has 0 saturated heterocycles. The second-order valence-electron chi connectivity index (χ2n) is 4.49. The zero-order valence-corrected chi connectivity index (χ0v) is 10.8. The predicted molar refractivity (Wildman–Crippen MR) is 69.9 cm³/mol. The number of aromatic carboxylic acids is 1. The van der Waals surface area contributed by atoms with Gasteiger partial charge in [0.1, 0.15) is 5.82 Å². The lowest BCUT2D eigenvalue weighted by Gasteiger charge is -2.09. The highest BCUT2D eigenvalue weighted by Gasteiger charge is 2.08. The van der Waals surface area contributed by atoms with E-state index in [-0.39, 0.29) is 12.2 Å². The number of carbonyl (C=O) groups is 1. The smallest absolute Gasteiger partial charge is 0.337 e. The van der Waals surface area contributed by atoms with Gasteiger partial charge in [0, 0.05) is 13.2 Å². The Morgan fingerprint density at radius 1 is 1.50 bits per heavy atom. The van der Waals surface area contributed by atoms with E-state index in [1.807, 2.05) is 6.92 Å². The van der Waals surface area contributed by atoms with Crippen LogP contribution in [0.4, 0.5) is 5.82 Å². The van der Waals surface area contributed by atoms with Gasteiger partial charge in [-0.05, 0) is 37.8 Å². The lowest BCUT2D eigenvalue weighted by Crippen LogP contribution is -2.09. The first-order valence-corrected chi connectivity index (χ1v) is 6.10. The summed E-state index contributed by atoms with van der Waals surface area (Å²) in [5, 5.41) is 20.9. The zero-order valence-electron chi connectivity index (χ0n) is 10.8. The summed E-state index contributed by atoms with van der Waals surface area (Å²) < 4.78 is 0. The number of aryl methyl sites for hydroxylation is 1. The number of anilines is 1. The number of aliphatic hydroxyl groups excluding tert-OH is 1. The third-order valence-electron chi connectivity index (χ3n) is 2.81. The molecule has 0 aliphatic carbocycles. The maximum absolute atomic E-state index is 10.8. The van der Waals surface area contributed by atoms with Crippen molar-refractivity contribution >= 4 is 11.8 Å². The third kappa shape index (κ3) is 4.33. The number of rotatable bonds is 7. The molecule has 0 radical (unpaired) electrons. The summed E-state index contributed by atoms with van der Waals surface area (Å²) in [7, 11) is 0. The van der Waals surface area contributed by atoms with E-state index in [1.54, 1.807) is 19.1 Å². The van der Waals surface area contributed by atoms with E-state index in [9.17, 15) is 4.79 Å². The second kappa shape index (κ2) is 6.96. The van der Waals surface area contributed by atoms with Crippen LogP contribution in [0, 0.1) is 12.8 Å². The molecule has 1 aromatic rings. The number of nitrogens with zero attached hydrogens (tertiary/aromatic N) is 1. The molecule has 5 nitrogen and oxygen atoms in total. The Bertz CT molecular complexity index is 407. The van der Waals surface area contributed by atoms with Crippen LogP contribution >= 0.6 is 0 Å². The Morgan fingerprint density at radius 3 is 2.78 bits per heavy atom. The van der Waals surface area contributed by atoms with E-state index in [2.05, 4.69) is 10.3 Å². The minimum absolute atomic E-state index is 0.213. The van der Waals surface area contributed by atoms with Crippen molar-refractivity contribution in [2.75, 3.05) is 18.5 Å². The van der Waals surface area contributed by atoms with Gasteiger partial charge in [0.05, 0.1) is 11.3 Å². The molecule has 1 atom stereocenters. The Labute approximate surface area is 107 Å². The molecule has 1 heterocycles. The topological polar surface area (TPSA) is 82.5 Å². The van der Waals surface area contributed by atoms with Crippen molar-refractivity contribution in [3.8, 4) is 0 Å². The lowest BCUT2D eigenvalue weighted by molar-refractivity contribution is 0.0695. The number of carboxylic acid groups (broad SMARTS) is 1. The molecule has 0 bridgehead atoms. The molecular weight excluding hydrogens is 232 g/mol. The fraction of sp³-hybridized carbons (Fsp3) is 0.538. The monoisotopic (exact) mass is 252 g/mol. The summed E-state index contributed by atoms with van der Waals surface area (Å²) in [6.45, 7) is 4.67. The molecule has 18 heavy (non-hydrogen) atoms. The van der Waals surface area contributed by atoms with Crippen LogP contribution in [0.3, 0.4) is 0 Å². The lowest BCUT2D eigenvalue weighted by atomic mass is 10.1. The van der Waals surface area contributed by atoms with Gasteiger partial charge >= 0.3 is 5.97 Å². The van der Waals surface area contributed by atoms with Gasteiger partial charge in [-0.3, -0.25) is 0 Å². The van der Waals surface area contributed by atoms with Crippen LogP contribution in [0.5, 0.6) is 0 Å². The molecule has 0 saturated carbocycles. The number of pyridine rings is 1. The standard InChI is InChI=1S/C13H20N2O3/c1-9(8-16)4-3-7-14-12-6-5-11(13(17)18)10(2)15-12/h5-6,9,16H,3-4,7-8H2,1-2H3,(H,14,15)(H,17,18). The molecule has 0 spiro atoms. The molecule has 0 aliphatic rings. The molecule has 5 heteroatoms. The van der Waals surface area contributed by atoms with Gasteiger partial charge in [0.15, 0.2) is 0 Å². The summed E-state index contributed by atoms with van der Waals surface area (Å²) in [6.07, 6.45) is 1.90. The molecule has 100 valence electrons. The highest BCUT2D eigenvalue weighted by molar-refractivity contribution is 5.89. The molecule has 0 aliphatic heterocycles. The van der Waals surface area contributed by atoms with Crippen LogP contribution in [0.1, 0.15) is 35.8 Å². The van der Waals surface area contributed by atoms with Crippen molar-refractivity contribution in [1.29, 1.82) is 0 Å². The molecule has 1 rings (SSSR count). The number of hydrogen-bond acceptors (Lipinski definition) is 4. The molecule has 0 aromatic carbocycles. The molecule has 0 fully saturated rings. The SMILES string of the molecule is Cc1nc(NCCCC(C)CO)ccc1C(=O)O. The molecule has 0 amide bonds. The van der Waals surface area contributed by atoms with Crippen molar-refractivity contribution in [2.24, 2.45) is 5.92 Å². The number of aromatic nitrogens is 1. The highest BCUT2D eigenvalue weighted by atomic mass is 16.4. The van der Waals surface area contributed by atoms with Crippen LogP contribution in [0.25, 0.3) is 0 Å². The van der Waals surface area contributed by atoms with Gasteiger partial charge in [-0.1, -0.05) is 6.92 Å². The maximum atomic E-state index is 10.8. The number of aliphatic hydroxyl groups is 1. The molecule has 1 aromatic heterocycles. The van der Waals surface area contributed by atoms with Gasteiger partial charge in [0.25, 0.3) is 0 Å². The van der Waals surface area contributed by atoms with Gasteiger partial charge < -0.3 is 15.5 Å². The summed E-state index contributed by atoms with van der Waals surface area (Å²) in [4.78, 5) is 15.0. The van der Waals surface area contributed by atoms with E-state index in [0.717, 1.165) is 19.4 Å². The van der Waals surface area contributed by atoms with Crippen LogP contribution < -0.4 is 5.32 Å². The van der Waals surface area contributed by atoms with E-state index < -0.39 is 5.97 Å². The van der Waals surface area contributed by atoms with E-state index in [1.165, 1.54) is 0 Å². The Morgan fingerprint density at radius 2 is 2.22 bits per heavy atom. The van der Waals surface area contributed by atoms with Crippen molar-refractivity contribution in [3.63, 3.8) is 0 Å². The minimum atomic E-state index is -0.955. The zero-order chi connectivity index (χ0) is 13.5. The van der Waals surface area contributed by atoms with E-state index >= 15 is 0 Å². The molecule has 3 N–H and O–H groups in total. The molecular formula is C13H20N2O3. The number of hydrogen-bond donors (Lipinski definition) is 3. The summed E-state index contributed by atoms with van der Waals surface area (Å²) >= 11 is 0. The third-order valence-corrected chi connectivity index (χ3v) is 2.81. The van der Waals surface area contributed by atoms with Gasteiger partial charge in [-0.25, -0.2) is 9.78 Å². The fourth-order valence-corrected chi connectivity index (χ4v) is 1.64. The highest BCUT2D eigenvalue weighted by Crippen LogP contribution is 2.11. The van der Waals surface area contributed by atoms with E-state index in [0.29, 0.717) is 17.4 Å². The van der Waals surface area contributed by atoms with Gasteiger partial charge in [-0.15, -0.1) is 0 Å².